The zero-order valence-corrected chi connectivity index (χ0v) is 19.1. The third-order valence-electron chi connectivity index (χ3n) is 6.08. The van der Waals surface area contributed by atoms with Crippen LogP contribution in [0.15, 0.2) is 68.2 Å². The molecule has 0 spiro atoms. The van der Waals surface area contributed by atoms with Gasteiger partial charge < -0.3 is 8.83 Å². The first-order valence-corrected chi connectivity index (χ1v) is 11.6. The minimum absolute atomic E-state index is 0.0416. The SMILES string of the molecule is Cc1ccc([C@H]2c3c(oc4ccccc4c3=O)C(=O)N2c2nc3ccc(C(C)C)cc3s2)o1. The summed E-state index contributed by atoms with van der Waals surface area (Å²) in [5.74, 6) is 1.23. The molecule has 5 aromatic rings. The first-order valence-electron chi connectivity index (χ1n) is 10.8. The van der Waals surface area contributed by atoms with Crippen LogP contribution in [0.4, 0.5) is 5.13 Å². The van der Waals surface area contributed by atoms with Gasteiger partial charge in [0, 0.05) is 0 Å². The Morgan fingerprint density at radius 1 is 1.03 bits per heavy atom. The second-order valence-electron chi connectivity index (χ2n) is 8.57. The number of fused-ring (bicyclic) bond motifs is 3. The van der Waals surface area contributed by atoms with Gasteiger partial charge in [-0.3, -0.25) is 14.5 Å². The Morgan fingerprint density at radius 2 is 1.85 bits per heavy atom. The van der Waals surface area contributed by atoms with E-state index in [1.807, 2.05) is 19.1 Å². The number of anilines is 1. The van der Waals surface area contributed by atoms with Crippen molar-refractivity contribution < 1.29 is 13.6 Å². The molecule has 1 aliphatic rings. The molecule has 0 fully saturated rings. The van der Waals surface area contributed by atoms with Crippen molar-refractivity contribution in [1.29, 1.82) is 0 Å². The molecule has 6 rings (SSSR count). The Labute approximate surface area is 193 Å². The van der Waals surface area contributed by atoms with E-state index in [1.54, 1.807) is 30.3 Å². The Morgan fingerprint density at radius 3 is 2.61 bits per heavy atom. The van der Waals surface area contributed by atoms with Gasteiger partial charge in [0.25, 0.3) is 5.91 Å². The van der Waals surface area contributed by atoms with E-state index in [-0.39, 0.29) is 16.8 Å². The fourth-order valence-corrected chi connectivity index (χ4v) is 5.42. The maximum Gasteiger partial charge on any atom is 0.297 e. The lowest BCUT2D eigenvalue weighted by Gasteiger charge is -2.20. The van der Waals surface area contributed by atoms with Crippen molar-refractivity contribution in [3.05, 3.63) is 93.2 Å². The minimum Gasteiger partial charge on any atom is -0.464 e. The Kier molecular flexibility index (Phi) is 4.32. The summed E-state index contributed by atoms with van der Waals surface area (Å²) in [5.41, 5.74) is 2.45. The van der Waals surface area contributed by atoms with Gasteiger partial charge in [-0.15, -0.1) is 0 Å². The van der Waals surface area contributed by atoms with E-state index in [0.29, 0.717) is 33.5 Å². The number of aryl methyl sites for hydroxylation is 1. The topological polar surface area (TPSA) is 76.6 Å². The molecule has 0 aliphatic carbocycles. The number of furan rings is 1. The molecule has 1 amide bonds. The third-order valence-corrected chi connectivity index (χ3v) is 7.10. The summed E-state index contributed by atoms with van der Waals surface area (Å²) in [4.78, 5) is 33.5. The highest BCUT2D eigenvalue weighted by Gasteiger charge is 2.46. The fraction of sp³-hybridized carbons (Fsp3) is 0.192. The second-order valence-corrected chi connectivity index (χ2v) is 9.58. The second kappa shape index (κ2) is 7.15. The number of nitrogens with zero attached hydrogens (tertiary/aromatic N) is 2. The molecule has 7 heteroatoms. The average molecular weight is 457 g/mol. The van der Waals surface area contributed by atoms with E-state index in [9.17, 15) is 9.59 Å². The lowest BCUT2D eigenvalue weighted by atomic mass is 10.0. The van der Waals surface area contributed by atoms with E-state index in [2.05, 4.69) is 26.0 Å². The highest BCUT2D eigenvalue weighted by molar-refractivity contribution is 7.22. The van der Waals surface area contributed by atoms with E-state index in [1.165, 1.54) is 21.8 Å². The van der Waals surface area contributed by atoms with Gasteiger partial charge in [0.1, 0.15) is 23.1 Å². The monoisotopic (exact) mass is 456 g/mol. The number of para-hydroxylation sites is 1. The van der Waals surface area contributed by atoms with Crippen LogP contribution >= 0.6 is 11.3 Å². The summed E-state index contributed by atoms with van der Waals surface area (Å²) < 4.78 is 12.9. The zero-order valence-electron chi connectivity index (χ0n) is 18.3. The van der Waals surface area contributed by atoms with Crippen LogP contribution in [0.25, 0.3) is 21.2 Å². The summed E-state index contributed by atoms with van der Waals surface area (Å²) in [6.45, 7) is 6.11. The van der Waals surface area contributed by atoms with Crippen molar-refractivity contribution in [1.82, 2.24) is 4.98 Å². The van der Waals surface area contributed by atoms with Crippen LogP contribution < -0.4 is 10.3 Å². The van der Waals surface area contributed by atoms with Crippen LogP contribution in [-0.2, 0) is 0 Å². The Balaban J connectivity index is 1.60. The van der Waals surface area contributed by atoms with Gasteiger partial charge in [0.2, 0.25) is 5.76 Å². The van der Waals surface area contributed by atoms with Crippen LogP contribution in [0.1, 0.15) is 59.0 Å². The number of benzene rings is 2. The fourth-order valence-electron chi connectivity index (χ4n) is 4.38. The number of carbonyl (C=O) groups is 1. The van der Waals surface area contributed by atoms with Crippen molar-refractivity contribution >= 4 is 43.6 Å². The standard InChI is InChI=1S/C26H20N2O4S/c1-13(2)15-9-10-17-20(12-15)33-26(27-17)28-22(19-11-8-14(3)31-19)21-23(29)16-6-4-5-7-18(16)32-24(21)25(28)30/h4-13,22H,1-3H3/t22-/m0/s1. The van der Waals surface area contributed by atoms with E-state index < -0.39 is 11.9 Å². The predicted octanol–water partition coefficient (Wildman–Crippen LogP) is 6.18. The molecule has 2 aromatic carbocycles. The zero-order chi connectivity index (χ0) is 22.9. The maximum atomic E-state index is 13.7. The lowest BCUT2D eigenvalue weighted by molar-refractivity contribution is 0.0969. The van der Waals surface area contributed by atoms with Gasteiger partial charge in [-0.05, 0) is 54.8 Å². The number of thiazole rings is 1. The normalized spacial score (nSPS) is 15.8. The van der Waals surface area contributed by atoms with E-state index in [4.69, 9.17) is 13.8 Å². The Hall–Kier alpha value is -3.71. The number of rotatable bonds is 3. The molecule has 0 radical (unpaired) electrons. The summed E-state index contributed by atoms with van der Waals surface area (Å²) in [6, 6.07) is 16.0. The van der Waals surface area contributed by atoms with E-state index in [0.717, 1.165) is 10.2 Å². The first-order chi connectivity index (χ1) is 15.9. The molecule has 0 bridgehead atoms. The molecule has 6 nitrogen and oxygen atoms in total. The molecule has 3 aromatic heterocycles. The molecule has 0 saturated carbocycles. The van der Waals surface area contributed by atoms with Crippen molar-refractivity contribution in [2.24, 2.45) is 0 Å². The van der Waals surface area contributed by atoms with Crippen molar-refractivity contribution in [2.45, 2.75) is 32.7 Å². The molecular weight excluding hydrogens is 436 g/mol. The van der Waals surface area contributed by atoms with Gasteiger partial charge in [0.15, 0.2) is 10.6 Å². The van der Waals surface area contributed by atoms with Crippen molar-refractivity contribution in [3.8, 4) is 0 Å². The van der Waals surface area contributed by atoms with Gasteiger partial charge in [-0.25, -0.2) is 4.98 Å². The maximum absolute atomic E-state index is 13.7. The molecule has 4 heterocycles. The highest BCUT2D eigenvalue weighted by Crippen LogP contribution is 2.44. The number of aromatic nitrogens is 1. The first kappa shape index (κ1) is 19.9. The van der Waals surface area contributed by atoms with Gasteiger partial charge in [0.05, 0.1) is 21.2 Å². The van der Waals surface area contributed by atoms with Crippen LogP contribution in [0.3, 0.4) is 0 Å². The largest absolute Gasteiger partial charge is 0.464 e. The number of amides is 1. The average Bonchev–Trinajstić information content (AvgIpc) is 3.49. The third kappa shape index (κ3) is 2.96. The molecule has 1 aliphatic heterocycles. The summed E-state index contributed by atoms with van der Waals surface area (Å²) in [7, 11) is 0. The molecular formula is C26H20N2O4S. The Bertz CT molecular complexity index is 1620. The molecule has 1 atom stereocenters. The molecule has 0 saturated heterocycles. The van der Waals surface area contributed by atoms with Crippen molar-refractivity contribution in [3.63, 3.8) is 0 Å². The van der Waals surface area contributed by atoms with Crippen LogP contribution in [0, 0.1) is 6.92 Å². The van der Waals surface area contributed by atoms with Gasteiger partial charge in [-0.1, -0.05) is 43.4 Å². The molecule has 164 valence electrons. The number of carbonyl (C=O) groups excluding carboxylic acids is 1. The number of hydrogen-bond acceptors (Lipinski definition) is 6. The smallest absolute Gasteiger partial charge is 0.297 e. The van der Waals surface area contributed by atoms with Gasteiger partial charge >= 0.3 is 0 Å². The number of hydrogen-bond donors (Lipinski definition) is 0. The molecule has 33 heavy (non-hydrogen) atoms. The quantitative estimate of drug-likeness (QED) is 0.324. The minimum atomic E-state index is -0.743. The summed E-state index contributed by atoms with van der Waals surface area (Å²) in [6.07, 6.45) is 0. The lowest BCUT2D eigenvalue weighted by Crippen LogP contribution is -2.29. The van der Waals surface area contributed by atoms with Crippen LogP contribution in [0.2, 0.25) is 0 Å². The summed E-state index contributed by atoms with van der Waals surface area (Å²) >= 11 is 1.42. The van der Waals surface area contributed by atoms with Gasteiger partial charge in [-0.2, -0.15) is 0 Å². The summed E-state index contributed by atoms with van der Waals surface area (Å²) in [5, 5.41) is 0.940. The van der Waals surface area contributed by atoms with Crippen LogP contribution in [0.5, 0.6) is 0 Å². The predicted molar refractivity (Wildman–Crippen MR) is 128 cm³/mol. The molecule has 0 unspecified atom stereocenters. The van der Waals surface area contributed by atoms with Crippen LogP contribution in [-0.4, -0.2) is 10.9 Å². The highest BCUT2D eigenvalue weighted by atomic mass is 32.1. The molecule has 0 N–H and O–H groups in total. The van der Waals surface area contributed by atoms with Crippen molar-refractivity contribution in [2.75, 3.05) is 4.90 Å². The van der Waals surface area contributed by atoms with E-state index >= 15 is 0 Å².